The van der Waals surface area contributed by atoms with E-state index in [0.717, 1.165) is 24.2 Å². The van der Waals surface area contributed by atoms with Gasteiger partial charge in [-0.05, 0) is 56.2 Å². The Morgan fingerprint density at radius 3 is 1.84 bits per heavy atom. The predicted octanol–water partition coefficient (Wildman–Crippen LogP) is 3.58. The zero-order valence-corrected chi connectivity index (χ0v) is 19.2. The molecular formula is C24H32F2N2O2S. The smallest absolute Gasteiger partial charge is 0.165 e. The van der Waals surface area contributed by atoms with E-state index < -0.39 is 16.4 Å². The lowest BCUT2D eigenvalue weighted by Gasteiger charge is -2.45. The molecule has 3 rings (SSSR count). The van der Waals surface area contributed by atoms with Gasteiger partial charge in [-0.25, -0.2) is 8.78 Å². The Balaban J connectivity index is 1.69. The average molecular weight is 451 g/mol. The number of rotatable bonds is 8. The summed E-state index contributed by atoms with van der Waals surface area (Å²) in [6.45, 7) is 9.16. The lowest BCUT2D eigenvalue weighted by atomic mass is 10.0. The van der Waals surface area contributed by atoms with Crippen LogP contribution >= 0.6 is 0 Å². The highest BCUT2D eigenvalue weighted by molar-refractivity contribution is 7.91. The Hall–Kier alpha value is -1.51. The van der Waals surface area contributed by atoms with E-state index in [9.17, 15) is 18.4 Å². The van der Waals surface area contributed by atoms with Gasteiger partial charge in [-0.15, -0.1) is 0 Å². The zero-order chi connectivity index (χ0) is 22.5. The van der Waals surface area contributed by atoms with Crippen LogP contribution in [0, 0.1) is 11.6 Å². The van der Waals surface area contributed by atoms with E-state index in [1.807, 2.05) is 0 Å². The fourth-order valence-corrected chi connectivity index (χ4v) is 6.02. The molecule has 0 saturated carbocycles. The summed E-state index contributed by atoms with van der Waals surface area (Å²) in [5.41, 5.74) is 1.52. The monoisotopic (exact) mass is 450 g/mol. The standard InChI is InChI=1S/C24H32F2N2O2S/c1-17-14-27(15-18(2)28(17)16-19(3)29)12-13-31(30)24(20-4-8-22(25)9-5-20)21-6-10-23(26)11-7-21/h4-11,17-19,24,29H,12-16H2,1-3H3/t17-,18+,19-,31?/m1/s1. The second-order valence-electron chi connectivity index (χ2n) is 8.57. The van der Waals surface area contributed by atoms with Crippen molar-refractivity contribution in [3.63, 3.8) is 0 Å². The Morgan fingerprint density at radius 2 is 1.42 bits per heavy atom. The number of piperazine rings is 1. The molecule has 4 atom stereocenters. The van der Waals surface area contributed by atoms with Crippen molar-refractivity contribution in [2.24, 2.45) is 0 Å². The molecule has 170 valence electrons. The van der Waals surface area contributed by atoms with Gasteiger partial charge in [0, 0.05) is 49.4 Å². The van der Waals surface area contributed by atoms with Crippen molar-refractivity contribution in [2.45, 2.75) is 44.2 Å². The van der Waals surface area contributed by atoms with E-state index in [0.29, 0.717) is 30.9 Å². The van der Waals surface area contributed by atoms with Crippen LogP contribution in [-0.4, -0.2) is 69.6 Å². The number of aliphatic hydroxyl groups is 1. The van der Waals surface area contributed by atoms with Crippen molar-refractivity contribution < 1.29 is 18.4 Å². The van der Waals surface area contributed by atoms with Crippen molar-refractivity contribution in [2.75, 3.05) is 31.9 Å². The normalized spacial score (nSPS) is 22.6. The molecule has 31 heavy (non-hydrogen) atoms. The summed E-state index contributed by atoms with van der Waals surface area (Å²) in [6.07, 6.45) is -0.365. The zero-order valence-electron chi connectivity index (χ0n) is 18.4. The first kappa shape index (κ1) is 24.1. The maximum atomic E-state index is 13.4. The van der Waals surface area contributed by atoms with Gasteiger partial charge >= 0.3 is 0 Å². The van der Waals surface area contributed by atoms with Gasteiger partial charge in [0.15, 0.2) is 5.25 Å². The Labute approximate surface area is 187 Å². The van der Waals surface area contributed by atoms with Crippen molar-refractivity contribution in [1.29, 1.82) is 0 Å². The minimum absolute atomic E-state index is 0.303. The highest BCUT2D eigenvalue weighted by atomic mass is 32.2. The molecule has 1 fully saturated rings. The van der Waals surface area contributed by atoms with Crippen molar-refractivity contribution >= 4 is 11.2 Å². The molecule has 2 aromatic carbocycles. The summed E-state index contributed by atoms with van der Waals surface area (Å²) in [5, 5.41) is 9.31. The van der Waals surface area contributed by atoms with Gasteiger partial charge in [-0.2, -0.15) is 0 Å². The molecule has 1 N–H and O–H groups in total. The first-order valence-corrected chi connectivity index (χ1v) is 12.2. The van der Waals surface area contributed by atoms with Crippen LogP contribution in [0.5, 0.6) is 0 Å². The van der Waals surface area contributed by atoms with Crippen LogP contribution in [0.3, 0.4) is 0 Å². The molecule has 1 aliphatic heterocycles. The third-order valence-corrected chi connectivity index (χ3v) is 7.52. The lowest BCUT2D eigenvalue weighted by Crippen LogP contribution is -2.58. The van der Waals surface area contributed by atoms with Gasteiger partial charge in [-0.3, -0.25) is 9.80 Å². The summed E-state index contributed by atoms with van der Waals surface area (Å²) >= 11 is -1.26. The van der Waals surface area contributed by atoms with E-state index in [-0.39, 0.29) is 17.7 Å². The Morgan fingerprint density at radius 1 is 0.968 bits per heavy atom. The molecule has 4 nitrogen and oxygen atoms in total. The largest absolute Gasteiger partial charge is 0.616 e. The number of hydrogen-bond acceptors (Lipinski definition) is 4. The SMILES string of the molecule is C[C@@H]1CN(CC[S+]([O-])C(c2ccc(F)cc2)c2ccc(F)cc2)C[C@H](C)N1C[C@@H](C)O. The summed E-state index contributed by atoms with van der Waals surface area (Å²) < 4.78 is 40.2. The molecule has 0 spiro atoms. The van der Waals surface area contributed by atoms with Crippen LogP contribution in [0.15, 0.2) is 48.5 Å². The Bertz CT molecular complexity index is 762. The van der Waals surface area contributed by atoms with E-state index in [4.69, 9.17) is 0 Å². The van der Waals surface area contributed by atoms with Gasteiger partial charge in [-0.1, -0.05) is 24.3 Å². The minimum Gasteiger partial charge on any atom is -0.616 e. The van der Waals surface area contributed by atoms with E-state index >= 15 is 0 Å². The topological polar surface area (TPSA) is 49.8 Å². The fraction of sp³-hybridized carbons (Fsp3) is 0.500. The first-order valence-electron chi connectivity index (χ1n) is 10.8. The number of hydrogen-bond donors (Lipinski definition) is 1. The van der Waals surface area contributed by atoms with Crippen LogP contribution in [0.1, 0.15) is 37.1 Å². The van der Waals surface area contributed by atoms with Crippen LogP contribution in [0.25, 0.3) is 0 Å². The maximum absolute atomic E-state index is 13.4. The molecule has 1 saturated heterocycles. The third-order valence-electron chi connectivity index (χ3n) is 5.87. The van der Waals surface area contributed by atoms with E-state index in [1.54, 1.807) is 31.2 Å². The molecule has 0 aromatic heterocycles. The van der Waals surface area contributed by atoms with E-state index in [2.05, 4.69) is 23.6 Å². The molecule has 1 heterocycles. The highest BCUT2D eigenvalue weighted by Crippen LogP contribution is 2.31. The van der Waals surface area contributed by atoms with Gasteiger partial charge in [0.2, 0.25) is 0 Å². The Kier molecular flexibility index (Phi) is 8.47. The van der Waals surface area contributed by atoms with Crippen LogP contribution in [0.4, 0.5) is 8.78 Å². The summed E-state index contributed by atoms with van der Waals surface area (Å²) in [6, 6.07) is 12.7. The van der Waals surface area contributed by atoms with Crippen molar-refractivity contribution in [1.82, 2.24) is 9.80 Å². The summed E-state index contributed by atoms with van der Waals surface area (Å²) in [7, 11) is 0. The second kappa shape index (κ2) is 10.9. The lowest BCUT2D eigenvalue weighted by molar-refractivity contribution is 0.0114. The molecule has 0 aliphatic carbocycles. The minimum atomic E-state index is -1.26. The molecule has 2 aromatic rings. The fourth-order valence-electron chi connectivity index (χ4n) is 4.42. The van der Waals surface area contributed by atoms with Gasteiger partial charge in [0.1, 0.15) is 17.4 Å². The maximum Gasteiger partial charge on any atom is 0.165 e. The second-order valence-corrected chi connectivity index (χ2v) is 10.2. The van der Waals surface area contributed by atoms with Gasteiger partial charge < -0.3 is 9.66 Å². The van der Waals surface area contributed by atoms with Crippen LogP contribution in [-0.2, 0) is 11.2 Å². The number of nitrogens with zero attached hydrogens (tertiary/aromatic N) is 2. The first-order chi connectivity index (χ1) is 14.7. The number of benzene rings is 2. The van der Waals surface area contributed by atoms with Crippen molar-refractivity contribution in [3.05, 3.63) is 71.3 Å². The molecule has 0 bridgehead atoms. The summed E-state index contributed by atoms with van der Waals surface area (Å²) in [4.78, 5) is 4.64. The quantitative estimate of drug-likeness (QED) is 0.625. The summed E-state index contributed by atoms with van der Waals surface area (Å²) in [5.74, 6) is -0.217. The predicted molar refractivity (Wildman–Crippen MR) is 121 cm³/mol. The van der Waals surface area contributed by atoms with Crippen molar-refractivity contribution in [3.8, 4) is 0 Å². The molecule has 1 aliphatic rings. The highest BCUT2D eigenvalue weighted by Gasteiger charge is 2.32. The molecular weight excluding hydrogens is 418 g/mol. The van der Waals surface area contributed by atoms with Crippen LogP contribution in [0.2, 0.25) is 0 Å². The number of aliphatic hydroxyl groups excluding tert-OH is 1. The molecule has 0 amide bonds. The number of β-amino-alcohol motifs (C(OH)–C–C–N with tert-alkyl or cyclic N) is 1. The average Bonchev–Trinajstić information content (AvgIpc) is 2.72. The molecule has 0 radical (unpaired) electrons. The van der Waals surface area contributed by atoms with Gasteiger partial charge in [0.05, 0.1) is 6.10 Å². The van der Waals surface area contributed by atoms with E-state index in [1.165, 1.54) is 24.3 Å². The van der Waals surface area contributed by atoms with Crippen LogP contribution < -0.4 is 0 Å². The molecule has 7 heteroatoms. The third kappa shape index (κ3) is 6.49. The van der Waals surface area contributed by atoms with Gasteiger partial charge in [0.25, 0.3) is 0 Å². The molecule has 1 unspecified atom stereocenters. The number of halogens is 2.